The third-order valence-corrected chi connectivity index (χ3v) is 13.8. The molecule has 1 amide bonds. The van der Waals surface area contributed by atoms with Crippen molar-refractivity contribution in [3.05, 3.63) is 48.0 Å². The Morgan fingerprint density at radius 3 is 2.47 bits per heavy atom. The lowest BCUT2D eigenvalue weighted by molar-refractivity contribution is -0.0577. The highest BCUT2D eigenvalue weighted by molar-refractivity contribution is 7.86. The predicted molar refractivity (Wildman–Crippen MR) is 181 cm³/mol. The molecule has 0 bridgehead atoms. The average molecular weight is 636 g/mol. The first-order valence-corrected chi connectivity index (χ1v) is 18.9. The predicted octanol–water partition coefficient (Wildman–Crippen LogP) is 10.0. The second-order valence-electron chi connectivity index (χ2n) is 15.8. The monoisotopic (exact) mass is 635 g/mol. The fourth-order valence-electron chi connectivity index (χ4n) is 10.6. The van der Waals surface area contributed by atoms with Gasteiger partial charge in [0, 0.05) is 17.2 Å². The molecule has 8 atom stereocenters. The minimum Gasteiger partial charge on any atom is -0.446 e. The number of anilines is 1. The molecule has 0 aromatic heterocycles. The lowest BCUT2D eigenvalue weighted by Crippen LogP contribution is -2.51. The SMILES string of the molecule is CC(C)CCC[C@@H](C)[C@H]1CC[C@H]2[C@@H]3CC=C4C[C@@H](OC(=O)Nc5ccc(S(=O)(=O)O)c6ccccc56)CC[C@]4(C)[C@H]3CC[C@]12C. The van der Waals surface area contributed by atoms with Crippen molar-refractivity contribution in [1.82, 2.24) is 0 Å². The first-order valence-electron chi connectivity index (χ1n) is 17.5. The quantitative estimate of drug-likeness (QED) is 0.222. The molecule has 246 valence electrons. The van der Waals surface area contributed by atoms with E-state index in [1.807, 2.05) is 0 Å². The van der Waals surface area contributed by atoms with Gasteiger partial charge in [-0.2, -0.15) is 8.42 Å². The van der Waals surface area contributed by atoms with Gasteiger partial charge in [0.05, 0.1) is 5.69 Å². The van der Waals surface area contributed by atoms with Crippen LogP contribution < -0.4 is 5.32 Å². The lowest BCUT2D eigenvalue weighted by Gasteiger charge is -2.58. The van der Waals surface area contributed by atoms with E-state index in [0.717, 1.165) is 55.3 Å². The van der Waals surface area contributed by atoms with Gasteiger partial charge >= 0.3 is 6.09 Å². The number of nitrogens with one attached hydrogen (secondary N) is 1. The Labute approximate surface area is 270 Å². The minimum absolute atomic E-state index is 0.180. The van der Waals surface area contributed by atoms with Crippen LogP contribution in [0.15, 0.2) is 52.9 Å². The van der Waals surface area contributed by atoms with Crippen molar-refractivity contribution in [3.8, 4) is 0 Å². The van der Waals surface area contributed by atoms with Gasteiger partial charge in [0.1, 0.15) is 11.0 Å². The zero-order valence-electron chi connectivity index (χ0n) is 27.8. The molecule has 0 unspecified atom stereocenters. The summed E-state index contributed by atoms with van der Waals surface area (Å²) in [5, 5.41) is 3.73. The van der Waals surface area contributed by atoms with Crippen molar-refractivity contribution in [3.63, 3.8) is 0 Å². The van der Waals surface area contributed by atoms with Crippen LogP contribution in [-0.4, -0.2) is 25.2 Å². The van der Waals surface area contributed by atoms with Crippen molar-refractivity contribution in [2.24, 2.45) is 46.3 Å². The van der Waals surface area contributed by atoms with E-state index in [2.05, 4.69) is 46.0 Å². The molecule has 4 aliphatic rings. The van der Waals surface area contributed by atoms with Crippen LogP contribution in [0.5, 0.6) is 0 Å². The van der Waals surface area contributed by atoms with Gasteiger partial charge in [-0.25, -0.2) is 4.79 Å². The summed E-state index contributed by atoms with van der Waals surface area (Å²) in [4.78, 5) is 12.9. The molecule has 0 saturated heterocycles. The van der Waals surface area contributed by atoms with E-state index in [0.29, 0.717) is 27.8 Å². The van der Waals surface area contributed by atoms with Crippen molar-refractivity contribution < 1.29 is 22.5 Å². The summed E-state index contributed by atoms with van der Waals surface area (Å²) in [5.74, 6) is 4.78. The number of hydrogen-bond acceptors (Lipinski definition) is 4. The van der Waals surface area contributed by atoms with Crippen molar-refractivity contribution in [1.29, 1.82) is 0 Å². The molecular formula is C38H53NO5S. The molecule has 2 aromatic carbocycles. The summed E-state index contributed by atoms with van der Waals surface area (Å²) in [6, 6.07) is 9.64. The molecule has 7 heteroatoms. The number of hydrogen-bond donors (Lipinski definition) is 2. The van der Waals surface area contributed by atoms with Crippen LogP contribution in [0.4, 0.5) is 10.5 Å². The largest absolute Gasteiger partial charge is 0.446 e. The third-order valence-electron chi connectivity index (χ3n) is 12.9. The van der Waals surface area contributed by atoms with Gasteiger partial charge < -0.3 is 4.74 Å². The molecule has 0 aliphatic heterocycles. The van der Waals surface area contributed by atoms with Crippen LogP contribution in [0.1, 0.15) is 105 Å². The molecule has 3 fully saturated rings. The van der Waals surface area contributed by atoms with E-state index in [9.17, 15) is 17.8 Å². The Balaban J connectivity index is 1.11. The second-order valence-corrected chi connectivity index (χ2v) is 17.2. The first-order chi connectivity index (χ1) is 21.3. The van der Waals surface area contributed by atoms with Crippen LogP contribution in [0.2, 0.25) is 0 Å². The van der Waals surface area contributed by atoms with Gasteiger partial charge in [-0.05, 0) is 103 Å². The van der Waals surface area contributed by atoms with Gasteiger partial charge in [-0.1, -0.05) is 89.8 Å². The number of rotatable bonds is 8. The standard InChI is InChI=1S/C38H53NO5S/c1-24(2)9-8-10-25(3)31-15-16-32-30-14-13-26-23-27(19-21-37(26,4)33(30)20-22-38(31,32)5)44-36(40)39-34-17-18-35(45(41,42)43)29-12-7-6-11-28(29)34/h6-7,11-13,17-18,24-25,27,30-33H,8-10,14-16,19-23H2,1-5H3,(H,39,40)(H,41,42,43)/t25-,27+,30+,31-,32+,33+,37+,38-/m1/s1. The van der Waals surface area contributed by atoms with Crippen LogP contribution in [0.3, 0.4) is 0 Å². The summed E-state index contributed by atoms with van der Waals surface area (Å²) in [6.45, 7) is 12.4. The molecule has 0 heterocycles. The Bertz CT molecular complexity index is 1570. The highest BCUT2D eigenvalue weighted by atomic mass is 32.2. The molecule has 45 heavy (non-hydrogen) atoms. The number of amides is 1. The van der Waals surface area contributed by atoms with E-state index in [-0.39, 0.29) is 16.4 Å². The Hall–Kier alpha value is -2.38. The van der Waals surface area contributed by atoms with Crippen LogP contribution >= 0.6 is 0 Å². The van der Waals surface area contributed by atoms with Gasteiger partial charge in [-0.3, -0.25) is 9.87 Å². The fraction of sp³-hybridized carbons (Fsp3) is 0.658. The van der Waals surface area contributed by atoms with Crippen molar-refractivity contribution in [2.45, 2.75) is 116 Å². The van der Waals surface area contributed by atoms with Crippen LogP contribution in [-0.2, 0) is 14.9 Å². The maximum atomic E-state index is 13.1. The lowest BCUT2D eigenvalue weighted by atomic mass is 9.47. The Morgan fingerprint density at radius 1 is 0.978 bits per heavy atom. The average Bonchev–Trinajstić information content (AvgIpc) is 3.34. The second kappa shape index (κ2) is 12.3. The molecule has 0 spiro atoms. The molecule has 6 rings (SSSR count). The van der Waals surface area contributed by atoms with E-state index in [1.54, 1.807) is 24.3 Å². The molecule has 6 nitrogen and oxygen atoms in total. The van der Waals surface area contributed by atoms with Gasteiger partial charge in [-0.15, -0.1) is 0 Å². The van der Waals surface area contributed by atoms with Gasteiger partial charge in [0.25, 0.3) is 10.1 Å². The van der Waals surface area contributed by atoms with E-state index >= 15 is 0 Å². The van der Waals surface area contributed by atoms with Crippen LogP contribution in [0.25, 0.3) is 10.8 Å². The molecule has 2 aromatic rings. The maximum absolute atomic E-state index is 13.1. The van der Waals surface area contributed by atoms with E-state index < -0.39 is 16.2 Å². The molecule has 2 N–H and O–H groups in total. The summed E-state index contributed by atoms with van der Waals surface area (Å²) < 4.78 is 39.4. The Kier molecular flexibility index (Phi) is 8.92. The number of fused-ring (bicyclic) bond motifs is 6. The molecule has 0 radical (unpaired) electrons. The van der Waals surface area contributed by atoms with Crippen molar-refractivity contribution >= 4 is 32.7 Å². The molecule has 3 saturated carbocycles. The highest BCUT2D eigenvalue weighted by Gasteiger charge is 2.59. The highest BCUT2D eigenvalue weighted by Crippen LogP contribution is 2.67. The summed E-state index contributed by atoms with van der Waals surface area (Å²) >= 11 is 0. The molecule has 4 aliphatic carbocycles. The number of carbonyl (C=O) groups excluding carboxylic acids is 1. The summed E-state index contributed by atoms with van der Waals surface area (Å²) in [6.07, 6.45) is 15.2. The third kappa shape index (κ3) is 6.08. The minimum atomic E-state index is -4.39. The van der Waals surface area contributed by atoms with E-state index in [4.69, 9.17) is 4.74 Å². The number of benzene rings is 2. The van der Waals surface area contributed by atoms with Gasteiger partial charge in [0.2, 0.25) is 0 Å². The number of carbonyl (C=O) groups is 1. The maximum Gasteiger partial charge on any atom is 0.411 e. The number of allylic oxidation sites excluding steroid dienone is 1. The zero-order chi connectivity index (χ0) is 32.1. The zero-order valence-corrected chi connectivity index (χ0v) is 28.7. The fourth-order valence-corrected chi connectivity index (χ4v) is 11.3. The van der Waals surface area contributed by atoms with Gasteiger partial charge in [0.15, 0.2) is 0 Å². The number of ether oxygens (including phenoxy) is 1. The smallest absolute Gasteiger partial charge is 0.411 e. The first kappa shape index (κ1) is 32.6. The van der Waals surface area contributed by atoms with Crippen LogP contribution in [0, 0.1) is 46.3 Å². The summed E-state index contributed by atoms with van der Waals surface area (Å²) in [7, 11) is -4.39. The van der Waals surface area contributed by atoms with Crippen molar-refractivity contribution in [2.75, 3.05) is 5.32 Å². The normalized spacial score (nSPS) is 33.6. The topological polar surface area (TPSA) is 92.7 Å². The van der Waals surface area contributed by atoms with E-state index in [1.165, 1.54) is 62.7 Å². The summed E-state index contributed by atoms with van der Waals surface area (Å²) in [5.41, 5.74) is 2.60. The molecular weight excluding hydrogens is 582 g/mol. The Morgan fingerprint density at radius 2 is 1.73 bits per heavy atom.